The highest BCUT2D eigenvalue weighted by molar-refractivity contribution is 5.82. The van der Waals surface area contributed by atoms with Crippen molar-refractivity contribution in [1.82, 2.24) is 14.9 Å². The largest absolute Gasteiger partial charge is 0.547 e. The average molecular weight is 423 g/mol. The van der Waals surface area contributed by atoms with Crippen molar-refractivity contribution in [3.8, 4) is 0 Å². The summed E-state index contributed by atoms with van der Waals surface area (Å²) in [5, 5.41) is 14.2. The summed E-state index contributed by atoms with van der Waals surface area (Å²) in [6, 6.07) is -0.290. The van der Waals surface area contributed by atoms with Crippen molar-refractivity contribution >= 4 is 23.7 Å². The second-order valence-electron chi connectivity index (χ2n) is 6.98. The normalized spacial score (nSPS) is 22.7. The minimum absolute atomic E-state index is 0.0236. The number of rotatable bonds is 8. The first-order valence-electron chi connectivity index (χ1n) is 9.24. The summed E-state index contributed by atoms with van der Waals surface area (Å²) in [7, 11) is 0. The fourth-order valence-corrected chi connectivity index (χ4v) is 2.87. The number of nitrogens with one attached hydrogen (secondary N) is 2. The summed E-state index contributed by atoms with van der Waals surface area (Å²) in [6.45, 7) is 2.29. The topological polar surface area (TPSA) is 233 Å². The number of amides is 1. The van der Waals surface area contributed by atoms with Crippen LogP contribution in [0.25, 0.3) is 0 Å². The van der Waals surface area contributed by atoms with Gasteiger partial charge in [0.1, 0.15) is 11.9 Å². The van der Waals surface area contributed by atoms with E-state index >= 15 is 0 Å². The van der Waals surface area contributed by atoms with E-state index in [2.05, 4.69) is 21.0 Å². The lowest BCUT2D eigenvalue weighted by atomic mass is 9.97. The van der Waals surface area contributed by atoms with Gasteiger partial charge in [0.05, 0.1) is 18.6 Å². The molecule has 0 bridgehead atoms. The fraction of sp³-hybridized carbons (Fsp3) is 0.471. The number of anilines is 1. The van der Waals surface area contributed by atoms with Gasteiger partial charge >= 0.3 is 11.6 Å². The van der Waals surface area contributed by atoms with Crippen LogP contribution in [0.3, 0.4) is 0 Å². The Balaban J connectivity index is 2.09. The van der Waals surface area contributed by atoms with Gasteiger partial charge < -0.3 is 31.4 Å². The molecule has 1 unspecified atom stereocenters. The third-order valence-electron chi connectivity index (χ3n) is 4.71. The van der Waals surface area contributed by atoms with Crippen LogP contribution < -0.4 is 44.0 Å². The van der Waals surface area contributed by atoms with Crippen molar-refractivity contribution in [3.05, 3.63) is 34.9 Å². The number of carboxylic acids is 1. The molecule has 164 valence electrons. The van der Waals surface area contributed by atoms with Crippen molar-refractivity contribution in [2.24, 2.45) is 17.4 Å². The van der Waals surface area contributed by atoms with E-state index in [1.54, 1.807) is 0 Å². The van der Waals surface area contributed by atoms with Crippen molar-refractivity contribution in [2.45, 2.75) is 37.8 Å². The lowest BCUT2D eigenvalue weighted by Gasteiger charge is -2.34. The van der Waals surface area contributed by atoms with Crippen LogP contribution in [0.1, 0.15) is 19.6 Å². The Morgan fingerprint density at radius 3 is 2.73 bits per heavy atom. The molecular formula is C17H27N8O5+. The number of carbonyl (C=O) groups excluding carboxylic acids is 2. The number of aromatic nitrogens is 2. The Morgan fingerprint density at radius 1 is 1.43 bits per heavy atom. The van der Waals surface area contributed by atoms with E-state index in [1.807, 2.05) is 6.92 Å². The van der Waals surface area contributed by atoms with Crippen molar-refractivity contribution in [1.29, 1.82) is 0 Å². The molecule has 0 aromatic carbocycles. The van der Waals surface area contributed by atoms with Crippen LogP contribution in [0, 0.1) is 5.92 Å². The van der Waals surface area contributed by atoms with Crippen LogP contribution in [-0.4, -0.2) is 52.1 Å². The second-order valence-corrected chi connectivity index (χ2v) is 6.98. The van der Waals surface area contributed by atoms with Crippen LogP contribution in [0.15, 0.2) is 29.2 Å². The summed E-state index contributed by atoms with van der Waals surface area (Å²) in [5.74, 6) is -2.03. The minimum atomic E-state index is -1.54. The maximum atomic E-state index is 12.5. The number of carbonyl (C=O) groups is 2. The Hall–Kier alpha value is -3.45. The van der Waals surface area contributed by atoms with E-state index in [0.717, 1.165) is 4.57 Å². The van der Waals surface area contributed by atoms with E-state index in [-0.39, 0.29) is 17.7 Å². The monoisotopic (exact) mass is 423 g/mol. The smallest absolute Gasteiger partial charge is 0.351 e. The second kappa shape index (κ2) is 9.84. The first-order valence-corrected chi connectivity index (χ1v) is 9.24. The number of nitrogens with zero attached hydrogens (tertiary/aromatic N) is 2. The highest BCUT2D eigenvalue weighted by Gasteiger charge is 2.33. The van der Waals surface area contributed by atoms with Gasteiger partial charge in [0.15, 0.2) is 12.3 Å². The van der Waals surface area contributed by atoms with Gasteiger partial charge in [-0.1, -0.05) is 13.0 Å². The average Bonchev–Trinajstić information content (AvgIpc) is 2.67. The van der Waals surface area contributed by atoms with Gasteiger partial charge in [0, 0.05) is 12.1 Å². The molecule has 0 fully saturated rings. The number of quaternary nitrogens is 1. The SMILES string of the molecule is CC(CC[NH+]=C(N)N)[C@H]([NH3+])C(=O)N[C@H]1C=C[C@H](n2ccc(N)nc2=O)O[C@@H]1C(=O)[O-]. The molecule has 5 atom stereocenters. The number of guanidine groups is 1. The molecule has 2 heterocycles. The lowest BCUT2D eigenvalue weighted by molar-refractivity contribution is -0.467. The summed E-state index contributed by atoms with van der Waals surface area (Å²) in [6.07, 6.45) is 2.20. The number of hydrogen-bond acceptors (Lipinski definition) is 7. The van der Waals surface area contributed by atoms with Gasteiger partial charge in [0.2, 0.25) is 0 Å². The van der Waals surface area contributed by atoms with Crippen molar-refractivity contribution in [3.63, 3.8) is 0 Å². The standard InChI is InChI=1S/C17H26N8O5/c1-8(4-6-22-16(20)21)12(19)14(26)23-9-2-3-11(30-13(9)15(27)28)25-7-5-10(18)24-17(25)29/h2-3,5,7-9,11-13H,4,6,19H2,1H3,(H,23,26)(H,27,28)(H2,18,24,29)(H4,20,21,22)/p+1/t8?,9-,11+,12-,13-/m0/s1. The van der Waals surface area contributed by atoms with E-state index in [4.69, 9.17) is 21.9 Å². The zero-order chi connectivity index (χ0) is 22.4. The molecule has 1 aliphatic heterocycles. The number of carboxylic acid groups (broad SMARTS) is 1. The summed E-state index contributed by atoms with van der Waals surface area (Å²) in [4.78, 5) is 42.4. The first kappa shape index (κ1) is 22.8. The summed E-state index contributed by atoms with van der Waals surface area (Å²) < 4.78 is 6.53. The molecule has 13 heteroatoms. The fourth-order valence-electron chi connectivity index (χ4n) is 2.87. The van der Waals surface area contributed by atoms with Gasteiger partial charge in [-0.25, -0.2) is 4.79 Å². The number of nitrogens with two attached hydrogens (primary N) is 3. The summed E-state index contributed by atoms with van der Waals surface area (Å²) in [5.41, 5.74) is 19.2. The Morgan fingerprint density at radius 2 is 2.13 bits per heavy atom. The molecule has 0 saturated carbocycles. The molecule has 0 radical (unpaired) electrons. The molecule has 0 aliphatic carbocycles. The first-order chi connectivity index (χ1) is 14.1. The molecule has 1 aromatic rings. The maximum absolute atomic E-state index is 12.5. The van der Waals surface area contributed by atoms with Crippen LogP contribution >= 0.6 is 0 Å². The molecule has 2 rings (SSSR count). The molecule has 1 amide bonds. The zero-order valence-electron chi connectivity index (χ0n) is 16.5. The van der Waals surface area contributed by atoms with Gasteiger partial charge in [-0.15, -0.1) is 0 Å². The molecule has 1 aliphatic rings. The van der Waals surface area contributed by atoms with Crippen LogP contribution in [0.4, 0.5) is 5.82 Å². The third-order valence-corrected chi connectivity index (χ3v) is 4.71. The number of hydrogen-bond donors (Lipinski definition) is 6. The molecule has 30 heavy (non-hydrogen) atoms. The highest BCUT2D eigenvalue weighted by Crippen LogP contribution is 2.20. The van der Waals surface area contributed by atoms with Crippen molar-refractivity contribution < 1.29 is 30.2 Å². The van der Waals surface area contributed by atoms with Crippen LogP contribution in [0.2, 0.25) is 0 Å². The predicted molar refractivity (Wildman–Crippen MR) is 103 cm³/mol. The Bertz CT molecular complexity index is 894. The van der Waals surface area contributed by atoms with E-state index in [9.17, 15) is 19.5 Å². The minimum Gasteiger partial charge on any atom is -0.547 e. The predicted octanol–water partition coefficient (Wildman–Crippen LogP) is -6.50. The Kier molecular flexibility index (Phi) is 7.49. The quantitative estimate of drug-likeness (QED) is 0.132. The zero-order valence-corrected chi connectivity index (χ0v) is 16.5. The molecule has 11 N–H and O–H groups in total. The Labute approximate surface area is 171 Å². The summed E-state index contributed by atoms with van der Waals surface area (Å²) >= 11 is 0. The lowest BCUT2D eigenvalue weighted by Crippen LogP contribution is -2.79. The van der Waals surface area contributed by atoms with Gasteiger partial charge in [-0.3, -0.25) is 25.8 Å². The van der Waals surface area contributed by atoms with Crippen LogP contribution in [0.5, 0.6) is 0 Å². The molecule has 0 saturated heterocycles. The molecule has 13 nitrogen and oxygen atoms in total. The van der Waals surface area contributed by atoms with Gasteiger partial charge in [-0.05, 0) is 18.6 Å². The maximum Gasteiger partial charge on any atom is 0.351 e. The van der Waals surface area contributed by atoms with E-state index in [1.165, 1.54) is 24.4 Å². The van der Waals surface area contributed by atoms with E-state index in [0.29, 0.717) is 13.0 Å². The van der Waals surface area contributed by atoms with Crippen LogP contribution in [-0.2, 0) is 14.3 Å². The number of nitrogen functional groups attached to an aromatic ring is 1. The molecule has 0 spiro atoms. The third kappa shape index (κ3) is 5.78. The van der Waals surface area contributed by atoms with Gasteiger partial charge in [-0.2, -0.15) is 4.98 Å². The molecule has 1 aromatic heterocycles. The van der Waals surface area contributed by atoms with Crippen molar-refractivity contribution in [2.75, 3.05) is 12.3 Å². The number of aliphatic carboxylic acids is 1. The van der Waals surface area contributed by atoms with Gasteiger partial charge in [0.25, 0.3) is 5.91 Å². The molecular weight excluding hydrogens is 396 g/mol. The number of ether oxygens (including phenoxy) is 1. The van der Waals surface area contributed by atoms with E-state index < -0.39 is 42.0 Å². The highest BCUT2D eigenvalue weighted by atomic mass is 16.5.